The summed E-state index contributed by atoms with van der Waals surface area (Å²) in [5.41, 5.74) is 1.29. The Balaban J connectivity index is 1.62. The Morgan fingerprint density at radius 3 is 2.22 bits per heavy atom. The highest BCUT2D eigenvalue weighted by Gasteiger charge is 2.23. The molecule has 0 bridgehead atoms. The number of para-hydroxylation sites is 1. The molecule has 1 atom stereocenters. The number of nitrogens with zero attached hydrogens (tertiary/aromatic N) is 2. The summed E-state index contributed by atoms with van der Waals surface area (Å²) in [6, 6.07) is 17.4. The van der Waals surface area contributed by atoms with E-state index in [0.717, 1.165) is 0 Å². The fraction of sp³-hybridized carbons (Fsp3) is 0.217. The van der Waals surface area contributed by atoms with Crippen LogP contribution in [0.3, 0.4) is 0 Å². The summed E-state index contributed by atoms with van der Waals surface area (Å²) in [4.78, 5) is 49.4. The summed E-state index contributed by atoms with van der Waals surface area (Å²) in [5.74, 6) is -1.86. The molecule has 2 amide bonds. The fourth-order valence-corrected chi connectivity index (χ4v) is 3.07. The third-order valence-corrected chi connectivity index (χ3v) is 4.91. The van der Waals surface area contributed by atoms with E-state index >= 15 is 0 Å². The minimum Gasteiger partial charge on any atom is -0.451 e. The number of ether oxygens (including phenoxy) is 1. The van der Waals surface area contributed by atoms with Gasteiger partial charge < -0.3 is 15.4 Å². The van der Waals surface area contributed by atoms with E-state index in [1.54, 1.807) is 73.3 Å². The lowest BCUT2D eigenvalue weighted by molar-refractivity contribution is -0.152. The molecule has 2 aromatic carbocycles. The lowest BCUT2D eigenvalue weighted by Gasteiger charge is -2.13. The molecule has 32 heavy (non-hydrogen) atoms. The molecule has 9 heteroatoms. The van der Waals surface area contributed by atoms with Crippen molar-refractivity contribution in [1.29, 1.82) is 0 Å². The molecule has 9 nitrogen and oxygen atoms in total. The Labute approximate surface area is 184 Å². The number of esters is 1. The second kappa shape index (κ2) is 9.78. The Kier molecular flexibility index (Phi) is 6.89. The summed E-state index contributed by atoms with van der Waals surface area (Å²) in [6.45, 7) is 2.70. The average Bonchev–Trinajstić information content (AvgIpc) is 3.01. The lowest BCUT2D eigenvalue weighted by atomic mass is 10.2. The van der Waals surface area contributed by atoms with Gasteiger partial charge in [-0.15, -0.1) is 0 Å². The van der Waals surface area contributed by atoms with Crippen LogP contribution in [0.1, 0.15) is 23.0 Å². The smallest absolute Gasteiger partial charge is 0.326 e. The van der Waals surface area contributed by atoms with Crippen molar-refractivity contribution in [2.24, 2.45) is 7.05 Å². The number of anilines is 1. The third kappa shape index (κ3) is 4.94. The summed E-state index contributed by atoms with van der Waals surface area (Å²) >= 11 is 0. The van der Waals surface area contributed by atoms with Crippen molar-refractivity contribution in [2.75, 3.05) is 11.9 Å². The standard InChI is InChI=1S/C23H24N4O5/c1-15-20(23(31)27(26(15)3)18-12-8-5-9-13-18)25-21(29)16(2)32-19(28)14-24-22(30)17-10-6-4-7-11-17/h4-13,16H,14H2,1-3H3,(H,24,30)(H,25,29)/t16-/m0/s1. The van der Waals surface area contributed by atoms with Crippen LogP contribution < -0.4 is 16.2 Å². The number of carbonyl (C=O) groups is 3. The average molecular weight is 436 g/mol. The molecule has 2 N–H and O–H groups in total. The minimum atomic E-state index is -1.17. The summed E-state index contributed by atoms with van der Waals surface area (Å²) < 4.78 is 8.15. The maximum Gasteiger partial charge on any atom is 0.326 e. The zero-order valence-electron chi connectivity index (χ0n) is 18.0. The topological polar surface area (TPSA) is 111 Å². The van der Waals surface area contributed by atoms with E-state index in [1.165, 1.54) is 11.6 Å². The van der Waals surface area contributed by atoms with Gasteiger partial charge >= 0.3 is 5.97 Å². The van der Waals surface area contributed by atoms with Crippen LogP contribution in [0.4, 0.5) is 5.69 Å². The highest BCUT2D eigenvalue weighted by atomic mass is 16.5. The van der Waals surface area contributed by atoms with Gasteiger partial charge in [-0.3, -0.25) is 23.9 Å². The van der Waals surface area contributed by atoms with Gasteiger partial charge in [0.2, 0.25) is 0 Å². The number of carbonyl (C=O) groups excluding carboxylic acids is 3. The van der Waals surface area contributed by atoms with E-state index in [2.05, 4.69) is 10.6 Å². The first-order valence-corrected chi connectivity index (χ1v) is 9.97. The zero-order chi connectivity index (χ0) is 23.3. The first-order chi connectivity index (χ1) is 15.3. The molecule has 0 fully saturated rings. The quantitative estimate of drug-likeness (QED) is 0.549. The molecule has 0 saturated carbocycles. The molecule has 0 aliphatic heterocycles. The van der Waals surface area contributed by atoms with Gasteiger partial charge in [0.25, 0.3) is 17.4 Å². The van der Waals surface area contributed by atoms with Crippen molar-refractivity contribution in [3.05, 3.63) is 82.3 Å². The van der Waals surface area contributed by atoms with Crippen LogP contribution in [-0.4, -0.2) is 39.8 Å². The van der Waals surface area contributed by atoms with Crippen LogP contribution in [-0.2, 0) is 21.4 Å². The predicted octanol–water partition coefficient (Wildman–Crippen LogP) is 1.78. The number of rotatable bonds is 7. The summed E-state index contributed by atoms with van der Waals surface area (Å²) in [6.07, 6.45) is -1.17. The van der Waals surface area contributed by atoms with Gasteiger partial charge in [-0.05, 0) is 38.1 Å². The number of nitrogens with one attached hydrogen (secondary N) is 2. The summed E-state index contributed by atoms with van der Waals surface area (Å²) in [5, 5.41) is 4.99. The molecule has 3 rings (SSSR count). The second-order valence-corrected chi connectivity index (χ2v) is 7.11. The van der Waals surface area contributed by atoms with Gasteiger partial charge in [-0.2, -0.15) is 0 Å². The van der Waals surface area contributed by atoms with Crippen LogP contribution >= 0.6 is 0 Å². The molecule has 0 saturated heterocycles. The maximum absolute atomic E-state index is 12.9. The van der Waals surface area contributed by atoms with Crippen molar-refractivity contribution < 1.29 is 19.1 Å². The molecule has 0 radical (unpaired) electrons. The van der Waals surface area contributed by atoms with Crippen LogP contribution in [0.2, 0.25) is 0 Å². The molecule has 1 heterocycles. The molecule has 3 aromatic rings. The molecule has 0 aliphatic rings. The maximum atomic E-state index is 12.9. The van der Waals surface area contributed by atoms with E-state index in [1.807, 2.05) is 6.07 Å². The van der Waals surface area contributed by atoms with Crippen molar-refractivity contribution in [3.63, 3.8) is 0 Å². The van der Waals surface area contributed by atoms with Gasteiger partial charge in [0.1, 0.15) is 12.2 Å². The Morgan fingerprint density at radius 2 is 1.59 bits per heavy atom. The fourth-order valence-electron chi connectivity index (χ4n) is 3.07. The van der Waals surface area contributed by atoms with Gasteiger partial charge in [-0.1, -0.05) is 36.4 Å². The monoisotopic (exact) mass is 436 g/mol. The first kappa shape index (κ1) is 22.5. The molecular weight excluding hydrogens is 412 g/mol. The number of hydrogen-bond donors (Lipinski definition) is 2. The highest BCUT2D eigenvalue weighted by Crippen LogP contribution is 2.14. The third-order valence-electron chi connectivity index (χ3n) is 4.91. The van der Waals surface area contributed by atoms with Crippen LogP contribution in [0, 0.1) is 6.92 Å². The molecule has 166 valence electrons. The van der Waals surface area contributed by atoms with E-state index in [-0.39, 0.29) is 5.69 Å². The van der Waals surface area contributed by atoms with Crippen LogP contribution in [0.15, 0.2) is 65.5 Å². The molecule has 0 aliphatic carbocycles. The number of benzene rings is 2. The molecule has 1 aromatic heterocycles. The Hall–Kier alpha value is -4.14. The van der Waals surface area contributed by atoms with Crippen molar-refractivity contribution in [2.45, 2.75) is 20.0 Å². The van der Waals surface area contributed by atoms with Gasteiger partial charge in [-0.25, -0.2) is 4.68 Å². The lowest BCUT2D eigenvalue weighted by Crippen LogP contribution is -2.36. The Bertz CT molecular complexity index is 1180. The second-order valence-electron chi connectivity index (χ2n) is 7.11. The Morgan fingerprint density at radius 1 is 1.00 bits per heavy atom. The van der Waals surface area contributed by atoms with Gasteiger partial charge in [0.05, 0.1) is 11.4 Å². The van der Waals surface area contributed by atoms with E-state index in [4.69, 9.17) is 4.74 Å². The van der Waals surface area contributed by atoms with Gasteiger partial charge in [0.15, 0.2) is 6.10 Å². The number of amides is 2. The van der Waals surface area contributed by atoms with Crippen molar-refractivity contribution in [1.82, 2.24) is 14.7 Å². The van der Waals surface area contributed by atoms with Crippen LogP contribution in [0.25, 0.3) is 5.69 Å². The first-order valence-electron chi connectivity index (χ1n) is 9.97. The largest absolute Gasteiger partial charge is 0.451 e. The van der Waals surface area contributed by atoms with Crippen molar-refractivity contribution in [3.8, 4) is 5.69 Å². The SMILES string of the molecule is Cc1c(NC(=O)[C@H](C)OC(=O)CNC(=O)c2ccccc2)c(=O)n(-c2ccccc2)n1C. The van der Waals surface area contributed by atoms with E-state index in [0.29, 0.717) is 16.9 Å². The molecular formula is C23H24N4O5. The zero-order valence-corrected chi connectivity index (χ0v) is 18.0. The predicted molar refractivity (Wildman–Crippen MR) is 119 cm³/mol. The van der Waals surface area contributed by atoms with Crippen LogP contribution in [0.5, 0.6) is 0 Å². The molecule has 0 unspecified atom stereocenters. The number of hydrogen-bond acceptors (Lipinski definition) is 5. The number of aromatic nitrogens is 2. The summed E-state index contributed by atoms with van der Waals surface area (Å²) in [7, 11) is 1.71. The normalized spacial score (nSPS) is 11.5. The molecule has 0 spiro atoms. The van der Waals surface area contributed by atoms with Gasteiger partial charge in [0, 0.05) is 12.6 Å². The minimum absolute atomic E-state index is 0.0987. The van der Waals surface area contributed by atoms with E-state index < -0.39 is 36.0 Å². The van der Waals surface area contributed by atoms with E-state index in [9.17, 15) is 19.2 Å². The van der Waals surface area contributed by atoms with Crippen molar-refractivity contribution >= 4 is 23.5 Å². The highest BCUT2D eigenvalue weighted by molar-refractivity contribution is 5.97.